The molecule has 0 unspecified atom stereocenters. The molecule has 0 bridgehead atoms. The highest BCUT2D eigenvalue weighted by molar-refractivity contribution is 8.45. The molecule has 4 aliphatic rings. The van der Waals surface area contributed by atoms with Gasteiger partial charge in [0.15, 0.2) is 8.32 Å². The zero-order chi connectivity index (χ0) is 34.2. The highest BCUT2D eigenvalue weighted by atomic mass is 32.5. The molecule has 260 valence electrons. The Morgan fingerprint density at radius 1 is 0.978 bits per heavy atom. The molecule has 0 amide bonds. The summed E-state index contributed by atoms with van der Waals surface area (Å²) in [6.07, 6.45) is 5.86. The predicted octanol–water partition coefficient (Wildman–Crippen LogP) is 12.5. The van der Waals surface area contributed by atoms with Gasteiger partial charge >= 0.3 is 10.2 Å². The number of hydrogen-bond acceptors (Lipinski definition) is 3. The Hall–Kier alpha value is -1.46. The maximum Gasteiger partial charge on any atom is 0.310 e. The third-order valence-corrected chi connectivity index (χ3v) is 16.9. The van der Waals surface area contributed by atoms with Gasteiger partial charge in [-0.3, -0.25) is 0 Å². The van der Waals surface area contributed by atoms with Crippen molar-refractivity contribution in [3.8, 4) is 0 Å². The highest BCUT2D eigenvalue weighted by Gasteiger charge is 2.65. The fraction of sp³-hybridized carbons (Fsp3) is 0.667. The Balaban J connectivity index is 1.76. The summed E-state index contributed by atoms with van der Waals surface area (Å²) in [7, 11) is -12.1. The van der Waals surface area contributed by atoms with Crippen LogP contribution in [0.15, 0.2) is 63.6 Å². The molecule has 46 heavy (non-hydrogen) atoms. The van der Waals surface area contributed by atoms with E-state index in [2.05, 4.69) is 61.2 Å². The molecule has 1 spiro atoms. The number of benzene rings is 1. The third kappa shape index (κ3) is 6.98. The SMILES string of the molecule is C=C1CC(C)(C)C[C@H](O[Si](C)(C)C(C)(C)C)/C1=C1/C(=C(\C)C2CCOCC2)[C@@H](c2ccc(S(F)(F)(F)(F)F)cc2)OC12CCCC2. The molecule has 2 saturated heterocycles. The summed E-state index contributed by atoms with van der Waals surface area (Å²) in [6, 6.07) is 3.43. The van der Waals surface area contributed by atoms with Gasteiger partial charge < -0.3 is 13.9 Å². The average Bonchev–Trinajstić information content (AvgIpc) is 3.51. The minimum Gasteiger partial charge on any atom is -0.410 e. The quantitative estimate of drug-likeness (QED) is 0.228. The Morgan fingerprint density at radius 2 is 1.54 bits per heavy atom. The van der Waals surface area contributed by atoms with Crippen molar-refractivity contribution in [2.24, 2.45) is 11.3 Å². The molecule has 2 atom stereocenters. The molecule has 10 heteroatoms. The molecule has 1 aromatic carbocycles. The molecule has 3 nitrogen and oxygen atoms in total. The second-order valence-corrected chi connectivity index (χ2v) is 23.7. The van der Waals surface area contributed by atoms with Crippen molar-refractivity contribution in [1.29, 1.82) is 0 Å². The maximum absolute atomic E-state index is 13.7. The standard InChI is InChI=1S/C36H53F5O3SSi/c1-24-22-35(6,7)23-29(44-46(8,9)34(3,4)5)30(24)32-31(25(2)26-16-20-42-21-17-26)33(43-36(32)18-10-11-19-36)27-12-14-28(15-13-27)45(37,38,39,40)41/h12-15,26,29,33H,1,10-11,16-23H2,2-9H3/b31-25-,32-30-/t29-,33+/m0/s1. The van der Waals surface area contributed by atoms with E-state index in [4.69, 9.17) is 13.9 Å². The Bertz CT molecular complexity index is 1430. The molecule has 1 aromatic rings. The molecule has 0 aromatic heterocycles. The number of allylic oxidation sites excluding steroid dienone is 1. The smallest absolute Gasteiger partial charge is 0.310 e. The van der Waals surface area contributed by atoms with E-state index in [1.165, 1.54) is 12.1 Å². The van der Waals surface area contributed by atoms with Gasteiger partial charge in [-0.15, -0.1) is 0 Å². The van der Waals surface area contributed by atoms with Crippen LogP contribution in [0, 0.1) is 11.3 Å². The van der Waals surface area contributed by atoms with Gasteiger partial charge in [-0.25, -0.2) is 0 Å². The van der Waals surface area contributed by atoms with Gasteiger partial charge in [0.25, 0.3) is 0 Å². The summed E-state index contributed by atoms with van der Waals surface area (Å²) < 4.78 is 88.8. The summed E-state index contributed by atoms with van der Waals surface area (Å²) >= 11 is 0. The molecular weight excluding hydrogens is 636 g/mol. The van der Waals surface area contributed by atoms with Crippen molar-refractivity contribution in [1.82, 2.24) is 0 Å². The van der Waals surface area contributed by atoms with Crippen LogP contribution in [0.25, 0.3) is 0 Å². The van der Waals surface area contributed by atoms with Gasteiger partial charge in [0, 0.05) is 13.2 Å². The van der Waals surface area contributed by atoms with Gasteiger partial charge in [0.05, 0.1) is 11.7 Å². The van der Waals surface area contributed by atoms with Gasteiger partial charge in [-0.1, -0.05) is 91.2 Å². The molecule has 0 N–H and O–H groups in total. The maximum atomic E-state index is 13.7. The fourth-order valence-electron chi connectivity index (χ4n) is 7.86. The minimum atomic E-state index is -9.83. The topological polar surface area (TPSA) is 27.7 Å². The summed E-state index contributed by atoms with van der Waals surface area (Å²) in [6.45, 7) is 23.8. The van der Waals surface area contributed by atoms with Crippen LogP contribution in [0.3, 0.4) is 0 Å². The van der Waals surface area contributed by atoms with E-state index < -0.39 is 35.1 Å². The predicted molar refractivity (Wildman–Crippen MR) is 180 cm³/mol. The molecule has 4 fully saturated rings. The van der Waals surface area contributed by atoms with E-state index in [1.54, 1.807) is 0 Å². The molecule has 2 aliphatic heterocycles. The molecule has 2 heterocycles. The lowest BCUT2D eigenvalue weighted by Crippen LogP contribution is -2.47. The van der Waals surface area contributed by atoms with Crippen LogP contribution in [-0.2, 0) is 13.9 Å². The first-order valence-corrected chi connectivity index (χ1v) is 21.6. The average molecular weight is 689 g/mol. The van der Waals surface area contributed by atoms with Crippen molar-refractivity contribution in [3.63, 3.8) is 0 Å². The Labute approximate surface area is 273 Å². The van der Waals surface area contributed by atoms with Crippen LogP contribution in [0.4, 0.5) is 19.4 Å². The molecule has 5 rings (SSSR count). The zero-order valence-electron chi connectivity index (χ0n) is 28.8. The van der Waals surface area contributed by atoms with Gasteiger partial charge in [-0.05, 0) is 115 Å². The van der Waals surface area contributed by atoms with Crippen LogP contribution in [-0.4, -0.2) is 33.2 Å². The number of rotatable bonds is 5. The first-order chi connectivity index (χ1) is 20.8. The van der Waals surface area contributed by atoms with Crippen molar-refractivity contribution >= 4 is 18.5 Å². The molecule has 2 saturated carbocycles. The van der Waals surface area contributed by atoms with Crippen LogP contribution in [0.2, 0.25) is 18.1 Å². The van der Waals surface area contributed by atoms with Crippen LogP contribution in [0.5, 0.6) is 0 Å². The Kier molecular flexibility index (Phi) is 8.59. The lowest BCUT2D eigenvalue weighted by atomic mass is 9.67. The molecular formula is C36H53F5O3SSi. The third-order valence-electron chi connectivity index (χ3n) is 11.3. The van der Waals surface area contributed by atoms with Crippen molar-refractivity contribution in [2.45, 2.75) is 134 Å². The minimum absolute atomic E-state index is 0.0211. The van der Waals surface area contributed by atoms with Crippen molar-refractivity contribution in [2.75, 3.05) is 13.2 Å². The normalized spacial score (nSPS) is 30.4. The second-order valence-electron chi connectivity index (χ2n) is 16.5. The Morgan fingerprint density at radius 3 is 2.07 bits per heavy atom. The van der Waals surface area contributed by atoms with Crippen molar-refractivity contribution in [3.05, 3.63) is 64.3 Å². The van der Waals surface area contributed by atoms with Gasteiger partial charge in [0.2, 0.25) is 0 Å². The number of halogens is 5. The molecule has 2 aliphatic carbocycles. The molecule has 0 radical (unpaired) electrons. The van der Waals surface area contributed by atoms with E-state index >= 15 is 0 Å². The van der Waals surface area contributed by atoms with Crippen molar-refractivity contribution < 1.29 is 33.3 Å². The zero-order valence-corrected chi connectivity index (χ0v) is 30.7. The fourth-order valence-corrected chi connectivity index (χ4v) is 9.78. The van der Waals surface area contributed by atoms with E-state index in [0.717, 1.165) is 79.2 Å². The van der Waals surface area contributed by atoms with Crippen LogP contribution >= 0.6 is 10.2 Å². The van der Waals surface area contributed by atoms with Crippen LogP contribution < -0.4 is 0 Å². The van der Waals surface area contributed by atoms with Crippen LogP contribution in [0.1, 0.15) is 105 Å². The van der Waals surface area contributed by atoms with Gasteiger partial charge in [-0.2, -0.15) is 0 Å². The second kappa shape index (κ2) is 11.0. The monoisotopic (exact) mass is 688 g/mol. The lowest BCUT2D eigenvalue weighted by molar-refractivity contribution is -0.0194. The largest absolute Gasteiger partial charge is 0.410 e. The summed E-state index contributed by atoms with van der Waals surface area (Å²) in [5, 5.41) is -0.0211. The van der Waals surface area contributed by atoms with E-state index in [9.17, 15) is 19.4 Å². The van der Waals surface area contributed by atoms with E-state index in [1.807, 2.05) is 0 Å². The first-order valence-electron chi connectivity index (χ1n) is 16.8. The number of ether oxygens (including phenoxy) is 2. The summed E-state index contributed by atoms with van der Waals surface area (Å²) in [5.74, 6) is 0.207. The van der Waals surface area contributed by atoms with Gasteiger partial charge in [0.1, 0.15) is 11.0 Å². The lowest BCUT2D eigenvalue weighted by Gasteiger charge is -2.46. The first kappa shape index (κ1) is 35.8. The number of hydrogen-bond donors (Lipinski definition) is 0. The van der Waals surface area contributed by atoms with E-state index in [-0.39, 0.29) is 22.5 Å². The summed E-state index contributed by atoms with van der Waals surface area (Å²) in [4.78, 5) is -1.88. The summed E-state index contributed by atoms with van der Waals surface area (Å²) in [5.41, 5.74) is 5.11. The van der Waals surface area contributed by atoms with E-state index in [0.29, 0.717) is 30.9 Å². The highest BCUT2D eigenvalue weighted by Crippen LogP contribution is 3.02.